The van der Waals surface area contributed by atoms with E-state index in [0.717, 1.165) is 22.6 Å². The molecule has 5 nitrogen and oxygen atoms in total. The molecule has 1 atom stereocenters. The topological polar surface area (TPSA) is 42.0 Å². The maximum atomic E-state index is 17.2. The first-order valence-corrected chi connectivity index (χ1v) is 11.3. The number of halogens is 4. The smallest absolute Gasteiger partial charge is 0.437 e. The SMILES string of the molecule is CC(C)N1CCC2(CC1)OC(=O)N(Cc1ccc(OC(F)(F)F)cc1)C2(F)Cc1ccccc1. The number of carbonyl (C=O) groups excluding carboxylic acids is 1. The summed E-state index contributed by atoms with van der Waals surface area (Å²) >= 11 is 0. The van der Waals surface area contributed by atoms with Gasteiger partial charge in [0.1, 0.15) is 5.75 Å². The Bertz CT molecular complexity index is 989. The van der Waals surface area contributed by atoms with E-state index in [1.165, 1.54) is 12.1 Å². The quantitative estimate of drug-likeness (QED) is 0.394. The molecule has 1 spiro atoms. The molecule has 2 aromatic rings. The van der Waals surface area contributed by atoms with Crippen LogP contribution in [-0.4, -0.2) is 52.8 Å². The summed E-state index contributed by atoms with van der Waals surface area (Å²) in [6.07, 6.45) is -4.89. The van der Waals surface area contributed by atoms with Crippen molar-refractivity contribution in [2.75, 3.05) is 13.1 Å². The lowest BCUT2D eigenvalue weighted by atomic mass is 9.78. The van der Waals surface area contributed by atoms with Crippen LogP contribution in [0.3, 0.4) is 0 Å². The van der Waals surface area contributed by atoms with E-state index in [1.54, 1.807) is 0 Å². The molecule has 2 aromatic carbocycles. The first-order valence-electron chi connectivity index (χ1n) is 11.3. The second-order valence-electron chi connectivity index (χ2n) is 9.19. The van der Waals surface area contributed by atoms with Gasteiger partial charge in [0.05, 0.1) is 6.54 Å². The third-order valence-electron chi connectivity index (χ3n) is 6.74. The molecule has 0 radical (unpaired) electrons. The summed E-state index contributed by atoms with van der Waals surface area (Å²) in [6, 6.07) is 14.5. The average molecular weight is 481 g/mol. The zero-order chi connectivity index (χ0) is 24.6. The number of piperidine rings is 1. The van der Waals surface area contributed by atoms with Crippen LogP contribution in [0.5, 0.6) is 5.75 Å². The maximum absolute atomic E-state index is 17.2. The van der Waals surface area contributed by atoms with Crippen molar-refractivity contribution >= 4 is 6.09 Å². The van der Waals surface area contributed by atoms with Crippen molar-refractivity contribution in [2.45, 2.75) is 63.5 Å². The summed E-state index contributed by atoms with van der Waals surface area (Å²) in [4.78, 5) is 16.3. The van der Waals surface area contributed by atoms with Gasteiger partial charge in [0, 0.05) is 38.4 Å². The van der Waals surface area contributed by atoms with Crippen molar-refractivity contribution in [1.82, 2.24) is 9.80 Å². The minimum absolute atomic E-state index is 0.0451. The lowest BCUT2D eigenvalue weighted by Gasteiger charge is -2.46. The van der Waals surface area contributed by atoms with Crippen molar-refractivity contribution in [3.63, 3.8) is 0 Å². The van der Waals surface area contributed by atoms with Crippen LogP contribution < -0.4 is 4.74 Å². The molecule has 9 heteroatoms. The lowest BCUT2D eigenvalue weighted by molar-refractivity contribution is -0.274. The fourth-order valence-corrected chi connectivity index (χ4v) is 4.87. The van der Waals surface area contributed by atoms with Gasteiger partial charge in [-0.15, -0.1) is 13.2 Å². The molecule has 0 N–H and O–H groups in total. The summed E-state index contributed by atoms with van der Waals surface area (Å²) in [5.74, 6) is -2.50. The third kappa shape index (κ3) is 4.85. The molecular weight excluding hydrogens is 452 g/mol. The summed E-state index contributed by atoms with van der Waals surface area (Å²) in [6.45, 7) is 5.21. The van der Waals surface area contributed by atoms with Crippen LogP contribution in [0.25, 0.3) is 0 Å². The highest BCUT2D eigenvalue weighted by Gasteiger charge is 2.66. The van der Waals surface area contributed by atoms with Crippen molar-refractivity contribution < 1.29 is 31.8 Å². The maximum Gasteiger partial charge on any atom is 0.573 e. The van der Waals surface area contributed by atoms with Crippen LogP contribution in [0, 0.1) is 0 Å². The van der Waals surface area contributed by atoms with Crippen LogP contribution in [0.2, 0.25) is 0 Å². The second kappa shape index (κ2) is 9.09. The number of hydrogen-bond donors (Lipinski definition) is 0. The van der Waals surface area contributed by atoms with E-state index < -0.39 is 23.8 Å². The number of carbonyl (C=O) groups is 1. The Balaban J connectivity index is 1.62. The Hall–Kier alpha value is -2.81. The van der Waals surface area contributed by atoms with E-state index in [-0.39, 0.29) is 18.7 Å². The number of ether oxygens (including phenoxy) is 2. The van der Waals surface area contributed by atoms with Crippen LogP contribution in [-0.2, 0) is 17.7 Å². The molecular formula is C25H28F4N2O3. The summed E-state index contributed by atoms with van der Waals surface area (Å²) < 4.78 is 64.2. The minimum Gasteiger partial charge on any atom is -0.437 e. The first-order chi connectivity index (χ1) is 16.0. The Morgan fingerprint density at radius 1 is 1.00 bits per heavy atom. The number of amides is 1. The van der Waals surface area contributed by atoms with Crippen LogP contribution in [0.15, 0.2) is 54.6 Å². The van der Waals surface area contributed by atoms with Gasteiger partial charge in [0.2, 0.25) is 5.79 Å². The highest BCUT2D eigenvalue weighted by atomic mass is 19.4. The van der Waals surface area contributed by atoms with Crippen molar-refractivity contribution in [1.29, 1.82) is 0 Å². The van der Waals surface area contributed by atoms with E-state index >= 15 is 4.39 Å². The number of alkyl halides is 4. The van der Waals surface area contributed by atoms with Gasteiger partial charge >= 0.3 is 12.5 Å². The third-order valence-corrected chi connectivity index (χ3v) is 6.74. The van der Waals surface area contributed by atoms with Crippen LogP contribution >= 0.6 is 0 Å². The van der Waals surface area contributed by atoms with Crippen LogP contribution in [0.1, 0.15) is 37.8 Å². The molecule has 184 valence electrons. The van der Waals surface area contributed by atoms with Gasteiger partial charge in [0.15, 0.2) is 5.60 Å². The monoisotopic (exact) mass is 480 g/mol. The number of nitrogens with zero attached hydrogens (tertiary/aromatic N) is 2. The highest BCUT2D eigenvalue weighted by Crippen LogP contribution is 2.49. The first kappa shape index (κ1) is 24.3. The van der Waals surface area contributed by atoms with E-state index in [1.807, 2.05) is 30.3 Å². The molecule has 2 fully saturated rings. The van der Waals surface area contributed by atoms with Crippen LogP contribution in [0.4, 0.5) is 22.4 Å². The average Bonchev–Trinajstić information content (AvgIpc) is 2.96. The predicted octanol–water partition coefficient (Wildman–Crippen LogP) is 5.69. The zero-order valence-electron chi connectivity index (χ0n) is 19.1. The second-order valence-corrected chi connectivity index (χ2v) is 9.19. The van der Waals surface area contributed by atoms with E-state index in [2.05, 4.69) is 23.5 Å². The van der Waals surface area contributed by atoms with Gasteiger partial charge in [-0.05, 0) is 37.1 Å². The summed E-state index contributed by atoms with van der Waals surface area (Å²) in [7, 11) is 0. The van der Waals surface area contributed by atoms with Gasteiger partial charge in [0.25, 0.3) is 0 Å². The number of rotatable bonds is 6. The largest absolute Gasteiger partial charge is 0.573 e. The normalized spacial score (nSPS) is 22.9. The predicted molar refractivity (Wildman–Crippen MR) is 118 cm³/mol. The molecule has 0 aliphatic carbocycles. The van der Waals surface area contributed by atoms with Gasteiger partial charge < -0.3 is 14.4 Å². The lowest BCUT2D eigenvalue weighted by Crippen LogP contribution is -2.61. The van der Waals surface area contributed by atoms with Crippen molar-refractivity contribution in [2.24, 2.45) is 0 Å². The fourth-order valence-electron chi connectivity index (χ4n) is 4.87. The molecule has 1 unspecified atom stereocenters. The minimum atomic E-state index is -4.80. The molecule has 2 saturated heterocycles. The molecule has 2 aliphatic rings. The highest BCUT2D eigenvalue weighted by molar-refractivity contribution is 5.72. The van der Waals surface area contributed by atoms with Gasteiger partial charge in [-0.1, -0.05) is 42.5 Å². The fraction of sp³-hybridized carbons (Fsp3) is 0.480. The molecule has 0 bridgehead atoms. The van der Waals surface area contributed by atoms with Crippen molar-refractivity contribution in [3.05, 3.63) is 65.7 Å². The van der Waals surface area contributed by atoms with Gasteiger partial charge in [-0.25, -0.2) is 9.18 Å². The Labute approximate surface area is 196 Å². The van der Waals surface area contributed by atoms with Gasteiger partial charge in [-0.3, -0.25) is 4.90 Å². The van der Waals surface area contributed by atoms with E-state index in [0.29, 0.717) is 37.5 Å². The molecule has 0 aromatic heterocycles. The molecule has 34 heavy (non-hydrogen) atoms. The molecule has 2 aliphatic heterocycles. The standard InChI is InChI=1S/C25H28F4N2O3/c1-18(2)30-14-12-23(13-15-30)24(26,16-19-6-4-3-5-7-19)31(22(32)34-23)17-20-8-10-21(11-9-20)33-25(27,28)29/h3-11,18H,12-17H2,1-2H3. The molecule has 4 rings (SSSR count). The zero-order valence-corrected chi connectivity index (χ0v) is 19.1. The Morgan fingerprint density at radius 3 is 2.18 bits per heavy atom. The van der Waals surface area contributed by atoms with Gasteiger partial charge in [-0.2, -0.15) is 0 Å². The number of likely N-dealkylation sites (tertiary alicyclic amines) is 1. The van der Waals surface area contributed by atoms with Crippen molar-refractivity contribution in [3.8, 4) is 5.75 Å². The summed E-state index contributed by atoms with van der Waals surface area (Å²) in [5, 5.41) is 0. The summed E-state index contributed by atoms with van der Waals surface area (Å²) in [5.41, 5.74) is -0.101. The number of hydrogen-bond acceptors (Lipinski definition) is 4. The molecule has 2 heterocycles. The molecule has 1 amide bonds. The number of benzene rings is 2. The Kier molecular flexibility index (Phi) is 6.50. The molecule has 0 saturated carbocycles. The van der Waals surface area contributed by atoms with E-state index in [9.17, 15) is 18.0 Å². The Morgan fingerprint density at radius 2 is 1.62 bits per heavy atom. The van der Waals surface area contributed by atoms with E-state index in [4.69, 9.17) is 4.74 Å².